The monoisotopic (exact) mass is 560 g/mol. The van der Waals surface area contributed by atoms with E-state index in [4.69, 9.17) is 23.2 Å². The number of carbonyl (C=O) groups excluding carboxylic acids is 2. The summed E-state index contributed by atoms with van der Waals surface area (Å²) in [6, 6.07) is -0.690. The topological polar surface area (TPSA) is 105 Å². The predicted octanol–water partition coefficient (Wildman–Crippen LogP) is 5.54. The van der Waals surface area contributed by atoms with E-state index in [0.29, 0.717) is 0 Å². The molecule has 2 aliphatic carbocycles. The Kier molecular flexibility index (Phi) is 8.13. The van der Waals surface area contributed by atoms with Crippen LogP contribution in [-0.2, 0) is 11.0 Å². The second-order valence-electron chi connectivity index (χ2n) is 9.58. The Bertz CT molecular complexity index is 1170. The molecule has 2 aromatic heterocycles. The zero-order valence-electron chi connectivity index (χ0n) is 19.7. The molecule has 0 spiro atoms. The van der Waals surface area contributed by atoms with Crippen molar-refractivity contribution in [2.75, 3.05) is 13.1 Å². The fraction of sp³-hybridized carbons (Fsp3) is 0.542. The van der Waals surface area contributed by atoms with Crippen molar-refractivity contribution in [3.05, 3.63) is 45.5 Å². The van der Waals surface area contributed by atoms with Crippen molar-refractivity contribution in [1.29, 1.82) is 0 Å². The van der Waals surface area contributed by atoms with E-state index in [1.54, 1.807) is 0 Å². The van der Waals surface area contributed by atoms with E-state index in [2.05, 4.69) is 10.1 Å². The molecule has 8 nitrogen and oxygen atoms in total. The van der Waals surface area contributed by atoms with Crippen LogP contribution in [0.4, 0.5) is 13.2 Å². The normalized spacial score (nSPS) is 20.4. The first-order valence-corrected chi connectivity index (χ1v) is 12.7. The average Bonchev–Trinajstić information content (AvgIpc) is 3.26. The van der Waals surface area contributed by atoms with E-state index in [1.807, 2.05) is 0 Å². The molecule has 1 N–H and O–H groups in total. The fourth-order valence-corrected chi connectivity index (χ4v) is 5.53. The number of carbonyl (C=O) groups is 3. The van der Waals surface area contributed by atoms with Crippen LogP contribution < -0.4 is 0 Å². The van der Waals surface area contributed by atoms with Gasteiger partial charge >= 0.3 is 12.1 Å². The molecule has 0 unspecified atom stereocenters. The van der Waals surface area contributed by atoms with Gasteiger partial charge in [0, 0.05) is 18.9 Å². The van der Waals surface area contributed by atoms with E-state index in [9.17, 15) is 32.7 Å². The molecular weight excluding hydrogens is 536 g/mol. The molecule has 2 saturated carbocycles. The van der Waals surface area contributed by atoms with Gasteiger partial charge in [-0.1, -0.05) is 29.6 Å². The Labute approximate surface area is 220 Å². The second-order valence-corrected chi connectivity index (χ2v) is 10.4. The lowest BCUT2D eigenvalue weighted by Gasteiger charge is -2.32. The van der Waals surface area contributed by atoms with Gasteiger partial charge in [-0.25, -0.2) is 0 Å². The molecule has 2 heterocycles. The molecule has 0 bridgehead atoms. The first-order chi connectivity index (χ1) is 17.5. The Morgan fingerprint density at radius 2 is 1.65 bits per heavy atom. The molecule has 2 fully saturated rings. The number of alkyl halides is 3. The van der Waals surface area contributed by atoms with Crippen LogP contribution in [0.1, 0.15) is 77.4 Å². The van der Waals surface area contributed by atoms with Crippen molar-refractivity contribution in [3.63, 3.8) is 0 Å². The summed E-state index contributed by atoms with van der Waals surface area (Å²) in [4.78, 5) is 42.7. The Morgan fingerprint density at radius 3 is 2.16 bits per heavy atom. The molecule has 0 aliphatic heterocycles. The number of ketones is 1. The quantitative estimate of drug-likeness (QED) is 0.424. The molecule has 200 valence electrons. The Hall–Kier alpha value is -2.66. The van der Waals surface area contributed by atoms with Crippen LogP contribution in [0.2, 0.25) is 10.0 Å². The number of aliphatic carboxylic acids is 1. The number of hydrogen-bond donors (Lipinski definition) is 1. The molecule has 1 amide bonds. The molecule has 37 heavy (non-hydrogen) atoms. The van der Waals surface area contributed by atoms with Crippen LogP contribution in [0, 0.1) is 11.8 Å². The summed E-state index contributed by atoms with van der Waals surface area (Å²) in [7, 11) is 0. The number of halogens is 5. The largest absolute Gasteiger partial charge is 0.481 e. The van der Waals surface area contributed by atoms with E-state index >= 15 is 0 Å². The number of rotatable bonds is 8. The highest BCUT2D eigenvalue weighted by atomic mass is 35.5. The minimum absolute atomic E-state index is 0.0192. The maximum atomic E-state index is 14.3. The predicted molar refractivity (Wildman–Crippen MR) is 128 cm³/mol. The summed E-state index contributed by atoms with van der Waals surface area (Å²) in [6.45, 7) is -0.401. The van der Waals surface area contributed by atoms with Gasteiger partial charge in [-0.15, -0.1) is 0 Å². The van der Waals surface area contributed by atoms with Crippen LogP contribution in [0.15, 0.2) is 18.6 Å². The average molecular weight is 561 g/mol. The molecule has 4 rings (SSSR count). The van der Waals surface area contributed by atoms with E-state index < -0.39 is 53.6 Å². The zero-order chi connectivity index (χ0) is 26.9. The van der Waals surface area contributed by atoms with Crippen LogP contribution in [0.25, 0.3) is 0 Å². The lowest BCUT2D eigenvalue weighted by molar-refractivity contribution is -0.147. The van der Waals surface area contributed by atoms with Gasteiger partial charge in [-0.05, 0) is 44.4 Å². The van der Waals surface area contributed by atoms with Crippen molar-refractivity contribution < 1.29 is 32.7 Å². The maximum Gasteiger partial charge on any atom is 0.433 e. The summed E-state index contributed by atoms with van der Waals surface area (Å²) in [5.41, 5.74) is -1.89. The van der Waals surface area contributed by atoms with Crippen molar-refractivity contribution >= 4 is 40.9 Å². The lowest BCUT2D eigenvalue weighted by atomic mass is 9.85. The lowest BCUT2D eigenvalue weighted by Crippen LogP contribution is -2.41. The summed E-state index contributed by atoms with van der Waals surface area (Å²) < 4.78 is 43.6. The van der Waals surface area contributed by atoms with Crippen molar-refractivity contribution in [3.8, 4) is 0 Å². The molecule has 2 aliphatic rings. The number of pyridine rings is 1. The molecular formula is C24H25Cl2F3N4O4. The summed E-state index contributed by atoms with van der Waals surface area (Å²) in [6.07, 6.45) is 1.80. The number of hydrogen-bond acceptors (Lipinski definition) is 5. The van der Waals surface area contributed by atoms with Gasteiger partial charge in [0.15, 0.2) is 11.5 Å². The highest BCUT2D eigenvalue weighted by Crippen LogP contribution is 2.39. The number of carboxylic acid groups (broad SMARTS) is 1. The molecule has 0 aromatic carbocycles. The molecule has 2 aromatic rings. The third kappa shape index (κ3) is 5.93. The minimum Gasteiger partial charge on any atom is -0.481 e. The van der Waals surface area contributed by atoms with E-state index in [1.165, 1.54) is 12.4 Å². The van der Waals surface area contributed by atoms with Gasteiger partial charge in [0.25, 0.3) is 5.91 Å². The minimum atomic E-state index is -4.89. The Morgan fingerprint density at radius 1 is 1.03 bits per heavy atom. The van der Waals surface area contributed by atoms with Gasteiger partial charge in [0.1, 0.15) is 0 Å². The van der Waals surface area contributed by atoms with Gasteiger partial charge in [0.05, 0.1) is 45.9 Å². The van der Waals surface area contributed by atoms with Gasteiger partial charge < -0.3 is 10.0 Å². The number of aromatic nitrogens is 3. The van der Waals surface area contributed by atoms with Crippen LogP contribution in [0.3, 0.4) is 0 Å². The summed E-state index contributed by atoms with van der Waals surface area (Å²) in [5, 5.41) is 13.1. The van der Waals surface area contributed by atoms with E-state index in [-0.39, 0.29) is 53.8 Å². The highest BCUT2D eigenvalue weighted by Gasteiger charge is 2.43. The maximum absolute atomic E-state index is 14.3. The third-order valence-electron chi connectivity index (χ3n) is 7.14. The highest BCUT2D eigenvalue weighted by molar-refractivity contribution is 6.39. The third-order valence-corrected chi connectivity index (χ3v) is 7.72. The zero-order valence-corrected chi connectivity index (χ0v) is 21.2. The first kappa shape index (κ1) is 27.4. The standard InChI is InChI=1S/C24H25Cl2F3N4O4/c25-17-9-30-10-18(26)20(17)19(34)12-32(11-13-2-1-3-13)22(35)16-8-31-33(21(16)24(27,28)29)15-6-4-14(5-7-15)23(36)37/h8-10,13-15H,1-7,11-12H2,(H,36,37). The smallest absolute Gasteiger partial charge is 0.433 e. The first-order valence-electron chi connectivity index (χ1n) is 12.0. The van der Waals surface area contributed by atoms with Gasteiger partial charge in [0.2, 0.25) is 0 Å². The number of carboxylic acids is 1. The van der Waals surface area contributed by atoms with Crippen LogP contribution >= 0.6 is 23.2 Å². The van der Waals surface area contributed by atoms with Crippen LogP contribution in [-0.4, -0.2) is 55.5 Å². The second kappa shape index (κ2) is 11.0. The SMILES string of the molecule is O=C(CN(CC1CCC1)C(=O)c1cnn(C2CCC(C(=O)O)CC2)c1C(F)(F)F)c1c(Cl)cncc1Cl. The molecule has 0 saturated heterocycles. The number of nitrogens with zero attached hydrogens (tertiary/aromatic N) is 4. The van der Waals surface area contributed by atoms with Crippen molar-refractivity contribution in [2.24, 2.45) is 11.8 Å². The molecule has 0 atom stereocenters. The number of Topliss-reactive ketones (excluding diaryl/α,β-unsaturated/α-hetero) is 1. The Balaban J connectivity index is 1.64. The summed E-state index contributed by atoms with van der Waals surface area (Å²) in [5.74, 6) is -3.09. The van der Waals surface area contributed by atoms with Crippen molar-refractivity contribution in [1.82, 2.24) is 19.7 Å². The molecule has 13 heteroatoms. The van der Waals surface area contributed by atoms with E-state index in [0.717, 1.165) is 35.0 Å². The van der Waals surface area contributed by atoms with Gasteiger partial charge in [-0.2, -0.15) is 18.3 Å². The fourth-order valence-electron chi connectivity index (χ4n) is 4.95. The van der Waals surface area contributed by atoms with Gasteiger partial charge in [-0.3, -0.25) is 24.0 Å². The van der Waals surface area contributed by atoms with Crippen LogP contribution in [0.5, 0.6) is 0 Å². The summed E-state index contributed by atoms with van der Waals surface area (Å²) >= 11 is 12.2. The van der Waals surface area contributed by atoms with Crippen molar-refractivity contribution in [2.45, 2.75) is 57.2 Å². The number of amides is 1. The molecule has 0 radical (unpaired) electrons.